The number of nitrogen functional groups attached to an aromatic ring is 1. The van der Waals surface area contributed by atoms with E-state index >= 15 is 0 Å². The van der Waals surface area contributed by atoms with E-state index in [2.05, 4.69) is 61.8 Å². The first-order valence-corrected chi connectivity index (χ1v) is 20.6. The van der Waals surface area contributed by atoms with E-state index in [1.807, 2.05) is 31.1 Å². The fourth-order valence-electron chi connectivity index (χ4n) is 6.40. The van der Waals surface area contributed by atoms with Crippen LogP contribution in [0.3, 0.4) is 0 Å². The van der Waals surface area contributed by atoms with Crippen molar-refractivity contribution in [1.82, 2.24) is 35.4 Å². The maximum atomic E-state index is 13.4. The summed E-state index contributed by atoms with van der Waals surface area (Å²) in [7, 11) is 3.79. The number of nitrogens with one attached hydrogen (secondary N) is 3. The highest BCUT2D eigenvalue weighted by Crippen LogP contribution is 2.35. The summed E-state index contributed by atoms with van der Waals surface area (Å²) in [6, 6.07) is 9.89. The van der Waals surface area contributed by atoms with Crippen LogP contribution < -0.4 is 32.1 Å². The number of anilines is 3. The van der Waals surface area contributed by atoms with Crippen LogP contribution in [0.4, 0.5) is 17.3 Å². The van der Waals surface area contributed by atoms with Gasteiger partial charge < -0.3 is 30.7 Å². The monoisotopic (exact) mass is 864 g/mol. The van der Waals surface area contributed by atoms with Crippen LogP contribution in [-0.4, -0.2) is 109 Å². The second-order valence-corrected chi connectivity index (χ2v) is 15.5. The van der Waals surface area contributed by atoms with Gasteiger partial charge in [0.15, 0.2) is 5.82 Å². The van der Waals surface area contributed by atoms with E-state index in [-0.39, 0.29) is 30.1 Å². The molecule has 2 amide bonds. The zero-order valence-electron chi connectivity index (χ0n) is 34.5. The highest BCUT2D eigenvalue weighted by molar-refractivity contribution is 6.43. The van der Waals surface area contributed by atoms with E-state index in [1.54, 1.807) is 41.7 Å². The van der Waals surface area contributed by atoms with Crippen LogP contribution in [0.25, 0.3) is 22.0 Å². The van der Waals surface area contributed by atoms with Gasteiger partial charge in [0, 0.05) is 68.7 Å². The fraction of sp³-hybridized carbons (Fsp3) is 0.463. The number of benzene rings is 2. The number of imide groups is 1. The maximum Gasteiger partial charge on any atom is 0.277 e. The number of nitrogens with zero attached hydrogens (tertiary/aromatic N) is 8. The molecular weight excluding hydrogens is 811 g/mol. The van der Waals surface area contributed by atoms with E-state index in [9.17, 15) is 14.4 Å². The summed E-state index contributed by atoms with van der Waals surface area (Å²) in [5.41, 5.74) is 8.16. The number of hydrogen-bond acceptors (Lipinski definition) is 14. The molecule has 0 bridgehead atoms. The molecule has 2 atom stereocenters. The Morgan fingerprint density at radius 3 is 2.58 bits per heavy atom. The molecule has 1 aliphatic rings. The summed E-state index contributed by atoms with van der Waals surface area (Å²) < 4.78 is 12.6. The number of carbonyl (C=O) groups excluding carboxylic acids is 2. The molecule has 5 rings (SSSR count). The average molecular weight is 866 g/mol. The Labute approximate surface area is 359 Å². The number of carbonyl (C=O) groups is 2. The number of nitrogens with two attached hydrogens (primary N) is 1. The number of ether oxygens (including phenoxy) is 2. The minimum Gasteiger partial charge on any atom is -0.382 e. The standard InChI is InChI=1S/C41H54Cl2N12O5/c1-6-41(3,16-19-53(4)33-26-46-37(38(44)49-33)29-10-8-11-30(42)36(29)43)47-17-15-27(2)51-52-54(5)20-22-60-24-23-59-21-18-45-31-12-7-9-28-25-48-55(40(58)35(28)31)32-13-14-34(56)50-39(32)57/h7-12,25-26,32,45,47H,2,6,13-24H2,1,3-5H3,(H2,44,49)(H,50,56,57). The van der Waals surface area contributed by atoms with E-state index in [1.165, 1.54) is 0 Å². The van der Waals surface area contributed by atoms with Crippen LogP contribution >= 0.6 is 23.2 Å². The Kier molecular flexibility index (Phi) is 16.7. The average Bonchev–Trinajstić information content (AvgIpc) is 3.23. The largest absolute Gasteiger partial charge is 0.382 e. The highest BCUT2D eigenvalue weighted by atomic mass is 35.5. The highest BCUT2D eigenvalue weighted by Gasteiger charge is 2.30. The van der Waals surface area contributed by atoms with Crippen molar-refractivity contribution in [3.8, 4) is 11.3 Å². The topological polar surface area (TPSA) is 207 Å². The predicted octanol–water partition coefficient (Wildman–Crippen LogP) is 5.65. The first kappa shape index (κ1) is 45.9. The van der Waals surface area contributed by atoms with Gasteiger partial charge in [0.25, 0.3) is 11.5 Å². The Hall–Kier alpha value is -5.20. The molecule has 3 heterocycles. The van der Waals surface area contributed by atoms with E-state index in [0.717, 1.165) is 24.1 Å². The van der Waals surface area contributed by atoms with Gasteiger partial charge in [0.2, 0.25) is 5.91 Å². The first-order chi connectivity index (χ1) is 28.8. The van der Waals surface area contributed by atoms with Crippen molar-refractivity contribution in [2.24, 2.45) is 10.3 Å². The lowest BCUT2D eigenvalue weighted by molar-refractivity contribution is -0.136. The molecule has 0 aliphatic carbocycles. The van der Waals surface area contributed by atoms with E-state index in [4.69, 9.17) is 38.4 Å². The molecule has 322 valence electrons. The number of rotatable bonds is 23. The molecule has 5 N–H and O–H groups in total. The predicted molar refractivity (Wildman–Crippen MR) is 235 cm³/mol. The smallest absolute Gasteiger partial charge is 0.277 e. The van der Waals surface area contributed by atoms with Crippen molar-refractivity contribution in [1.29, 1.82) is 0 Å². The van der Waals surface area contributed by atoms with Gasteiger partial charge in [-0.05, 0) is 38.3 Å². The minimum atomic E-state index is -0.835. The number of hydrogen-bond donors (Lipinski definition) is 4. The molecule has 1 fully saturated rings. The molecule has 2 aromatic heterocycles. The second kappa shape index (κ2) is 21.9. The molecule has 17 nitrogen and oxygen atoms in total. The Balaban J connectivity index is 0.939. The lowest BCUT2D eigenvalue weighted by Crippen LogP contribution is -2.45. The second-order valence-electron chi connectivity index (χ2n) is 14.7. The molecule has 1 aliphatic heterocycles. The molecule has 1 saturated heterocycles. The summed E-state index contributed by atoms with van der Waals surface area (Å²) in [6.45, 7) is 12.4. The van der Waals surface area contributed by atoms with Crippen molar-refractivity contribution in [2.45, 2.75) is 57.5 Å². The van der Waals surface area contributed by atoms with Crippen LogP contribution in [0.15, 0.2) is 76.2 Å². The van der Waals surface area contributed by atoms with Gasteiger partial charge in [-0.2, -0.15) is 5.10 Å². The van der Waals surface area contributed by atoms with Crippen LogP contribution in [0.1, 0.15) is 52.0 Å². The molecule has 0 radical (unpaired) electrons. The Morgan fingerprint density at radius 2 is 1.83 bits per heavy atom. The van der Waals surface area contributed by atoms with Gasteiger partial charge in [-0.3, -0.25) is 24.7 Å². The Morgan fingerprint density at radius 1 is 1.07 bits per heavy atom. The number of halogens is 2. The zero-order chi connectivity index (χ0) is 43.2. The van der Waals surface area contributed by atoms with Crippen LogP contribution in [-0.2, 0) is 19.1 Å². The molecular formula is C41H54Cl2N12O5. The maximum absolute atomic E-state index is 13.4. The zero-order valence-corrected chi connectivity index (χ0v) is 36.1. The lowest BCUT2D eigenvalue weighted by atomic mass is 9.94. The third-order valence-corrected chi connectivity index (χ3v) is 11.1. The third kappa shape index (κ3) is 12.4. The first-order valence-electron chi connectivity index (χ1n) is 19.9. The van der Waals surface area contributed by atoms with Gasteiger partial charge in [-0.25, -0.2) is 14.6 Å². The van der Waals surface area contributed by atoms with Crippen molar-refractivity contribution in [3.05, 3.63) is 81.5 Å². The normalized spacial score (nSPS) is 15.3. The molecule has 2 unspecified atom stereocenters. The van der Waals surface area contributed by atoms with Gasteiger partial charge in [-0.15, -0.1) is 5.11 Å². The van der Waals surface area contributed by atoms with Crippen LogP contribution in [0, 0.1) is 0 Å². The summed E-state index contributed by atoms with van der Waals surface area (Å²) in [5, 5.41) is 25.5. The lowest BCUT2D eigenvalue weighted by Gasteiger charge is -2.32. The molecule has 0 saturated carbocycles. The number of fused-ring (bicyclic) bond motifs is 1. The van der Waals surface area contributed by atoms with Gasteiger partial charge in [0.05, 0.1) is 66.5 Å². The quantitative estimate of drug-likeness (QED) is 0.0308. The summed E-state index contributed by atoms with van der Waals surface area (Å²) in [5.74, 6) is 0.0634. The fourth-order valence-corrected chi connectivity index (χ4v) is 6.79. The SMILES string of the molecule is C=C(CCNC(C)(CC)CCN(C)c1cnc(-c2cccc(Cl)c2Cl)c(N)n1)N=NN(C)CCOCCOCCNc1cccc2cnn(C3CCC(=O)NC3=O)c(=O)c12. The Bertz CT molecular complexity index is 2220. The molecule has 2 aromatic carbocycles. The molecule has 60 heavy (non-hydrogen) atoms. The number of piperidine rings is 1. The molecule has 19 heteroatoms. The summed E-state index contributed by atoms with van der Waals surface area (Å²) in [6.07, 6.45) is 6.02. The van der Waals surface area contributed by atoms with Crippen molar-refractivity contribution in [2.75, 3.05) is 82.7 Å². The number of aromatic nitrogens is 4. The van der Waals surface area contributed by atoms with Crippen LogP contribution in [0.5, 0.6) is 0 Å². The van der Waals surface area contributed by atoms with E-state index < -0.39 is 17.5 Å². The summed E-state index contributed by atoms with van der Waals surface area (Å²) >= 11 is 12.6. The number of likely N-dealkylation sites (N-methyl/N-ethyl adjacent to an activating group) is 1. The van der Waals surface area contributed by atoms with Crippen molar-refractivity contribution >= 4 is 63.1 Å². The molecule has 4 aromatic rings. The number of amides is 2. The van der Waals surface area contributed by atoms with Crippen molar-refractivity contribution < 1.29 is 19.1 Å². The van der Waals surface area contributed by atoms with Crippen LogP contribution in [0.2, 0.25) is 10.0 Å². The van der Waals surface area contributed by atoms with Gasteiger partial charge >= 0.3 is 0 Å². The van der Waals surface area contributed by atoms with Gasteiger partial charge in [0.1, 0.15) is 17.6 Å². The minimum absolute atomic E-state index is 0.131. The molecule has 0 spiro atoms. The third-order valence-electron chi connectivity index (χ3n) is 10.3. The summed E-state index contributed by atoms with van der Waals surface area (Å²) in [4.78, 5) is 48.5. The van der Waals surface area contributed by atoms with Crippen molar-refractivity contribution in [3.63, 3.8) is 0 Å². The van der Waals surface area contributed by atoms with Gasteiger partial charge in [-0.1, -0.05) is 66.2 Å². The van der Waals surface area contributed by atoms with E-state index in [0.29, 0.717) is 102 Å².